The number of carbonyl (C=O) groups is 1. The first-order valence-electron chi connectivity index (χ1n) is 7.42. The molecule has 0 spiro atoms. The summed E-state index contributed by atoms with van der Waals surface area (Å²) >= 11 is 0. The van der Waals surface area contributed by atoms with Crippen LogP contribution in [0.3, 0.4) is 0 Å². The average Bonchev–Trinajstić information content (AvgIpc) is 3.26. The number of carbonyl (C=O) groups excluding carboxylic acids is 1. The van der Waals surface area contributed by atoms with Crippen LogP contribution in [0.15, 0.2) is 30.5 Å². The van der Waals surface area contributed by atoms with E-state index in [0.29, 0.717) is 11.6 Å². The third-order valence-corrected chi connectivity index (χ3v) is 3.92. The topological polar surface area (TPSA) is 64.2 Å². The molecule has 0 aliphatic heterocycles. The highest BCUT2D eigenvalue weighted by Gasteiger charge is 2.35. The smallest absolute Gasteiger partial charge is 0.467 e. The quantitative estimate of drug-likeness (QED) is 0.784. The number of aromatic amines is 1. The van der Waals surface area contributed by atoms with Crippen molar-refractivity contribution in [1.29, 1.82) is 0 Å². The first kappa shape index (κ1) is 16.4. The largest absolute Gasteiger partial charge is 0.573 e. The van der Waals surface area contributed by atoms with Gasteiger partial charge in [-0.1, -0.05) is 18.2 Å². The number of aromatic nitrogens is 2. The molecule has 1 aromatic heterocycles. The Labute approximate surface area is 135 Å². The second-order valence-electron chi connectivity index (χ2n) is 5.58. The molecule has 3 rings (SSSR count). The maximum absolute atomic E-state index is 12.7. The average molecular weight is 340 g/mol. The minimum atomic E-state index is -4.81. The molecule has 1 unspecified atom stereocenters. The van der Waals surface area contributed by atoms with Crippen LogP contribution < -0.4 is 4.74 Å². The van der Waals surface area contributed by atoms with Crippen molar-refractivity contribution in [1.82, 2.24) is 10.2 Å². The Hall–Kier alpha value is -2.51. The molecule has 128 valence electrons. The van der Waals surface area contributed by atoms with Crippen molar-refractivity contribution in [3.63, 3.8) is 0 Å². The Morgan fingerprint density at radius 1 is 1.33 bits per heavy atom. The van der Waals surface area contributed by atoms with Gasteiger partial charge in [-0.25, -0.2) is 0 Å². The van der Waals surface area contributed by atoms with E-state index in [0.717, 1.165) is 18.4 Å². The van der Waals surface area contributed by atoms with Gasteiger partial charge < -0.3 is 9.47 Å². The molecule has 5 nitrogen and oxygen atoms in total. The van der Waals surface area contributed by atoms with Crippen LogP contribution in [0.4, 0.5) is 13.2 Å². The number of halogens is 3. The van der Waals surface area contributed by atoms with Crippen LogP contribution in [0.5, 0.6) is 5.75 Å². The summed E-state index contributed by atoms with van der Waals surface area (Å²) in [4.78, 5) is 10.6. The monoisotopic (exact) mass is 340 g/mol. The van der Waals surface area contributed by atoms with Gasteiger partial charge in [0.15, 0.2) is 0 Å². The molecule has 0 radical (unpaired) electrons. The fourth-order valence-electron chi connectivity index (χ4n) is 2.75. The molecule has 0 saturated heterocycles. The second kappa shape index (κ2) is 6.54. The summed E-state index contributed by atoms with van der Waals surface area (Å²) in [5.41, 5.74) is 1.87. The molecule has 0 bridgehead atoms. The van der Waals surface area contributed by atoms with Gasteiger partial charge in [0.25, 0.3) is 6.47 Å². The summed E-state index contributed by atoms with van der Waals surface area (Å²) < 4.78 is 47.0. The number of rotatable bonds is 7. The maximum Gasteiger partial charge on any atom is 0.573 e. The van der Waals surface area contributed by atoms with Gasteiger partial charge in [0.05, 0.1) is 12.1 Å². The second-order valence-corrected chi connectivity index (χ2v) is 5.58. The van der Waals surface area contributed by atoms with Crippen molar-refractivity contribution < 1.29 is 27.4 Å². The van der Waals surface area contributed by atoms with Gasteiger partial charge in [0.2, 0.25) is 0 Å². The van der Waals surface area contributed by atoms with E-state index in [1.807, 2.05) is 0 Å². The van der Waals surface area contributed by atoms with E-state index in [2.05, 4.69) is 14.9 Å². The molecule has 1 saturated carbocycles. The van der Waals surface area contributed by atoms with Crippen LogP contribution in [0.2, 0.25) is 0 Å². The van der Waals surface area contributed by atoms with E-state index in [-0.39, 0.29) is 24.4 Å². The predicted octanol–water partition coefficient (Wildman–Crippen LogP) is 3.49. The minimum absolute atomic E-state index is 0.107. The fraction of sp³-hybridized carbons (Fsp3) is 0.375. The normalized spacial score (nSPS) is 15.8. The molecular weight excluding hydrogens is 325 g/mol. The molecule has 24 heavy (non-hydrogen) atoms. The van der Waals surface area contributed by atoms with Crippen molar-refractivity contribution >= 4 is 6.47 Å². The predicted molar refractivity (Wildman–Crippen MR) is 77.5 cm³/mol. The first-order chi connectivity index (χ1) is 11.5. The van der Waals surface area contributed by atoms with Gasteiger partial charge >= 0.3 is 6.36 Å². The number of hydrogen-bond donors (Lipinski definition) is 1. The maximum atomic E-state index is 12.7. The van der Waals surface area contributed by atoms with Gasteiger partial charge in [0.1, 0.15) is 12.4 Å². The lowest BCUT2D eigenvalue weighted by Gasteiger charge is -2.20. The number of H-pyrrole nitrogens is 1. The number of ether oxygens (including phenoxy) is 2. The van der Waals surface area contributed by atoms with Crippen LogP contribution >= 0.6 is 0 Å². The van der Waals surface area contributed by atoms with E-state index in [9.17, 15) is 18.0 Å². The summed E-state index contributed by atoms with van der Waals surface area (Å²) in [6, 6.07) is 5.83. The lowest BCUT2D eigenvalue weighted by molar-refractivity contribution is -0.275. The summed E-state index contributed by atoms with van der Waals surface area (Å²) in [7, 11) is 0. The summed E-state index contributed by atoms with van der Waals surface area (Å²) in [5, 5.41) is 6.85. The van der Waals surface area contributed by atoms with Crippen LogP contribution in [-0.2, 0) is 9.53 Å². The van der Waals surface area contributed by atoms with Crippen molar-refractivity contribution in [2.45, 2.75) is 31.0 Å². The highest BCUT2D eigenvalue weighted by molar-refractivity contribution is 5.45. The van der Waals surface area contributed by atoms with Gasteiger partial charge in [0, 0.05) is 11.3 Å². The standard InChI is InChI=1S/C16H15F3N2O3/c17-16(18,19)24-14-4-2-1-3-11(14)13(8-23-9-22)15-12(7-20-21-15)10-5-6-10/h1-4,7,9-10,13H,5-6,8H2,(H,20,21). The molecule has 1 aromatic carbocycles. The Balaban J connectivity index is 2.00. The first-order valence-corrected chi connectivity index (χ1v) is 7.42. The van der Waals surface area contributed by atoms with Crippen LogP contribution in [0, 0.1) is 0 Å². The van der Waals surface area contributed by atoms with Crippen molar-refractivity contribution in [2.75, 3.05) is 6.61 Å². The number of nitrogens with one attached hydrogen (secondary N) is 1. The summed E-state index contributed by atoms with van der Waals surface area (Å²) in [5.74, 6) is -0.596. The molecule has 2 aromatic rings. The third kappa shape index (κ3) is 3.69. The van der Waals surface area contributed by atoms with E-state index in [4.69, 9.17) is 4.74 Å². The summed E-state index contributed by atoms with van der Waals surface area (Å²) in [6.45, 7) is 0.164. The van der Waals surface area contributed by atoms with E-state index in [1.54, 1.807) is 12.3 Å². The zero-order valence-electron chi connectivity index (χ0n) is 12.5. The molecular formula is C16H15F3N2O3. The van der Waals surface area contributed by atoms with Gasteiger partial charge in [-0.3, -0.25) is 9.89 Å². The Morgan fingerprint density at radius 3 is 2.75 bits per heavy atom. The molecule has 8 heteroatoms. The Morgan fingerprint density at radius 2 is 2.08 bits per heavy atom. The summed E-state index contributed by atoms with van der Waals surface area (Å²) in [6.07, 6.45) is -1.11. The minimum Gasteiger partial charge on any atom is -0.467 e. The Kier molecular flexibility index (Phi) is 4.46. The highest BCUT2D eigenvalue weighted by atomic mass is 19.4. The highest BCUT2D eigenvalue weighted by Crippen LogP contribution is 2.44. The Bertz CT molecular complexity index is 711. The zero-order valence-corrected chi connectivity index (χ0v) is 12.5. The molecule has 0 amide bonds. The van der Waals surface area contributed by atoms with Gasteiger partial charge in [-0.2, -0.15) is 5.10 Å². The molecule has 1 atom stereocenters. The number of alkyl halides is 3. The van der Waals surface area contributed by atoms with E-state index >= 15 is 0 Å². The van der Waals surface area contributed by atoms with E-state index in [1.165, 1.54) is 18.2 Å². The number of para-hydroxylation sites is 1. The molecule has 1 heterocycles. The van der Waals surface area contributed by atoms with Crippen molar-refractivity contribution in [2.24, 2.45) is 0 Å². The van der Waals surface area contributed by atoms with Crippen LogP contribution in [-0.4, -0.2) is 29.6 Å². The van der Waals surface area contributed by atoms with Crippen molar-refractivity contribution in [3.05, 3.63) is 47.3 Å². The third-order valence-electron chi connectivity index (χ3n) is 3.92. The van der Waals surface area contributed by atoms with Gasteiger partial charge in [-0.15, -0.1) is 13.2 Å². The lowest BCUT2D eigenvalue weighted by atomic mass is 9.92. The van der Waals surface area contributed by atoms with E-state index < -0.39 is 12.3 Å². The molecule has 1 aliphatic rings. The molecule has 1 N–H and O–H groups in total. The lowest BCUT2D eigenvalue weighted by Crippen LogP contribution is -2.20. The van der Waals surface area contributed by atoms with Crippen LogP contribution in [0.1, 0.15) is 41.5 Å². The fourth-order valence-corrected chi connectivity index (χ4v) is 2.75. The number of hydrogen-bond acceptors (Lipinski definition) is 4. The molecule has 1 fully saturated rings. The van der Waals surface area contributed by atoms with Crippen LogP contribution in [0.25, 0.3) is 0 Å². The number of nitrogens with zero attached hydrogens (tertiary/aromatic N) is 1. The number of benzene rings is 1. The van der Waals surface area contributed by atoms with Gasteiger partial charge in [-0.05, 0) is 30.4 Å². The van der Waals surface area contributed by atoms with Crippen molar-refractivity contribution in [3.8, 4) is 5.75 Å². The SMILES string of the molecule is O=COCC(c1ccccc1OC(F)(F)F)c1[nH]ncc1C1CC1. The molecule has 1 aliphatic carbocycles. The zero-order chi connectivity index (χ0) is 17.2.